The van der Waals surface area contributed by atoms with E-state index in [0.717, 1.165) is 31.7 Å². The Morgan fingerprint density at radius 1 is 1.00 bits per heavy atom. The van der Waals surface area contributed by atoms with Crippen LogP contribution in [-0.4, -0.2) is 41.3 Å². The van der Waals surface area contributed by atoms with Crippen molar-refractivity contribution >= 4 is 0 Å². The summed E-state index contributed by atoms with van der Waals surface area (Å²) in [5, 5.41) is 22.9. The Morgan fingerprint density at radius 2 is 1.71 bits per heavy atom. The van der Waals surface area contributed by atoms with Crippen LogP contribution in [0.5, 0.6) is 11.5 Å². The molecule has 3 N–H and O–H groups in total. The third-order valence-electron chi connectivity index (χ3n) is 4.98. The zero-order chi connectivity index (χ0) is 14.7. The summed E-state index contributed by atoms with van der Waals surface area (Å²) in [6, 6.07) is 5.74. The molecular weight excluding hydrogens is 264 g/mol. The highest BCUT2D eigenvalue weighted by atomic mass is 16.3. The maximum Gasteiger partial charge on any atom is 0.157 e. The van der Waals surface area contributed by atoms with Gasteiger partial charge in [-0.1, -0.05) is 25.3 Å². The van der Waals surface area contributed by atoms with Gasteiger partial charge in [0.2, 0.25) is 0 Å². The highest BCUT2D eigenvalue weighted by Gasteiger charge is 2.31. The summed E-state index contributed by atoms with van der Waals surface area (Å²) in [5.41, 5.74) is 1.15. The minimum Gasteiger partial charge on any atom is -0.504 e. The second kappa shape index (κ2) is 6.67. The molecule has 0 unspecified atom stereocenters. The molecule has 2 aliphatic rings. The first-order valence-corrected chi connectivity index (χ1v) is 8.22. The molecule has 1 aromatic carbocycles. The van der Waals surface area contributed by atoms with Crippen molar-refractivity contribution in [2.45, 2.75) is 38.1 Å². The number of nitrogens with zero attached hydrogens (tertiary/aromatic N) is 1. The summed E-state index contributed by atoms with van der Waals surface area (Å²) in [4.78, 5) is 2.55. The Labute approximate surface area is 126 Å². The molecule has 1 atom stereocenters. The van der Waals surface area contributed by atoms with E-state index in [0.29, 0.717) is 12.0 Å². The van der Waals surface area contributed by atoms with Gasteiger partial charge in [0.1, 0.15) is 0 Å². The van der Waals surface area contributed by atoms with Crippen molar-refractivity contribution in [3.8, 4) is 11.5 Å². The second-order valence-corrected chi connectivity index (χ2v) is 6.38. The first kappa shape index (κ1) is 14.7. The number of benzene rings is 1. The van der Waals surface area contributed by atoms with Crippen LogP contribution in [0.1, 0.15) is 43.7 Å². The van der Waals surface area contributed by atoms with Crippen LogP contribution in [0.15, 0.2) is 18.2 Å². The predicted molar refractivity (Wildman–Crippen MR) is 83.5 cm³/mol. The lowest BCUT2D eigenvalue weighted by Crippen LogP contribution is -2.47. The molecule has 0 spiro atoms. The van der Waals surface area contributed by atoms with Crippen molar-refractivity contribution in [2.75, 3.05) is 26.2 Å². The summed E-state index contributed by atoms with van der Waals surface area (Å²) in [6.07, 6.45) is 6.53. The van der Waals surface area contributed by atoms with Gasteiger partial charge < -0.3 is 15.5 Å². The molecule has 0 bridgehead atoms. The predicted octanol–water partition coefficient (Wildman–Crippen LogP) is 2.62. The van der Waals surface area contributed by atoms with Crippen LogP contribution in [0, 0.1) is 5.92 Å². The zero-order valence-corrected chi connectivity index (χ0v) is 12.6. The molecule has 3 rings (SSSR count). The second-order valence-electron chi connectivity index (χ2n) is 6.38. The lowest BCUT2D eigenvalue weighted by molar-refractivity contribution is 0.103. The number of hydrogen-bond donors (Lipinski definition) is 3. The fourth-order valence-corrected chi connectivity index (χ4v) is 3.92. The molecule has 0 radical (unpaired) electrons. The third-order valence-corrected chi connectivity index (χ3v) is 4.98. The van der Waals surface area contributed by atoms with E-state index in [9.17, 15) is 10.2 Å². The molecule has 1 aliphatic carbocycles. The Kier molecular flexibility index (Phi) is 4.66. The largest absolute Gasteiger partial charge is 0.504 e. The lowest BCUT2D eigenvalue weighted by Gasteiger charge is -2.41. The fraction of sp³-hybridized carbons (Fsp3) is 0.647. The van der Waals surface area contributed by atoms with Crippen LogP contribution in [0.2, 0.25) is 0 Å². The van der Waals surface area contributed by atoms with E-state index >= 15 is 0 Å². The Morgan fingerprint density at radius 3 is 2.38 bits per heavy atom. The summed E-state index contributed by atoms with van der Waals surface area (Å²) in [5.74, 6) is 0.644. The molecule has 2 fully saturated rings. The standard InChI is InChI=1S/C17H26N2O2/c20-15-7-6-14(12-16(15)21)17(13-4-2-1-3-5-13)19-10-8-18-9-11-19/h6-7,12-13,17-18,20-21H,1-5,8-11H2/t17-/m1/s1. The number of phenolic OH excluding ortho intramolecular Hbond substituents is 2. The Hall–Kier alpha value is -1.26. The number of nitrogens with one attached hydrogen (secondary N) is 1. The average molecular weight is 290 g/mol. The molecule has 1 aromatic rings. The summed E-state index contributed by atoms with van der Waals surface area (Å²) >= 11 is 0. The molecule has 116 valence electrons. The van der Waals surface area contributed by atoms with Gasteiger partial charge in [0, 0.05) is 32.2 Å². The Balaban J connectivity index is 1.87. The highest BCUT2D eigenvalue weighted by Crippen LogP contribution is 2.40. The van der Waals surface area contributed by atoms with Crippen LogP contribution in [0.25, 0.3) is 0 Å². The maximum absolute atomic E-state index is 9.86. The summed E-state index contributed by atoms with van der Waals surface area (Å²) in [7, 11) is 0. The van der Waals surface area contributed by atoms with E-state index in [2.05, 4.69) is 10.2 Å². The first-order chi connectivity index (χ1) is 10.3. The summed E-state index contributed by atoms with van der Waals surface area (Å²) < 4.78 is 0. The van der Waals surface area contributed by atoms with E-state index in [1.54, 1.807) is 12.1 Å². The third kappa shape index (κ3) is 3.33. The smallest absolute Gasteiger partial charge is 0.157 e. The van der Waals surface area contributed by atoms with E-state index in [1.807, 2.05) is 6.07 Å². The maximum atomic E-state index is 9.86. The first-order valence-electron chi connectivity index (χ1n) is 8.22. The van der Waals surface area contributed by atoms with Crippen LogP contribution < -0.4 is 5.32 Å². The fourth-order valence-electron chi connectivity index (χ4n) is 3.92. The monoisotopic (exact) mass is 290 g/mol. The van der Waals surface area contributed by atoms with Gasteiger partial charge in [-0.25, -0.2) is 0 Å². The van der Waals surface area contributed by atoms with Gasteiger partial charge >= 0.3 is 0 Å². The number of rotatable bonds is 3. The van der Waals surface area contributed by atoms with Gasteiger partial charge in [0.05, 0.1) is 0 Å². The number of phenols is 2. The zero-order valence-electron chi connectivity index (χ0n) is 12.6. The molecule has 1 saturated carbocycles. The van der Waals surface area contributed by atoms with Crippen LogP contribution in [-0.2, 0) is 0 Å². The Bertz CT molecular complexity index is 448. The van der Waals surface area contributed by atoms with Crippen molar-refractivity contribution in [3.05, 3.63) is 23.8 Å². The SMILES string of the molecule is Oc1ccc([C@@H](C2CCCCC2)N2CCNCC2)cc1O. The molecule has 1 saturated heterocycles. The topological polar surface area (TPSA) is 55.7 Å². The number of hydrogen-bond acceptors (Lipinski definition) is 4. The molecule has 4 nitrogen and oxygen atoms in total. The van der Waals surface area contributed by atoms with Gasteiger partial charge in [0.15, 0.2) is 11.5 Å². The summed E-state index contributed by atoms with van der Waals surface area (Å²) in [6.45, 7) is 4.19. The number of piperazine rings is 1. The number of aromatic hydroxyl groups is 2. The molecule has 1 aliphatic heterocycles. The van der Waals surface area contributed by atoms with Crippen LogP contribution in [0.4, 0.5) is 0 Å². The van der Waals surface area contributed by atoms with Gasteiger partial charge in [-0.15, -0.1) is 0 Å². The van der Waals surface area contributed by atoms with E-state index < -0.39 is 0 Å². The van der Waals surface area contributed by atoms with Gasteiger partial charge in [-0.3, -0.25) is 4.90 Å². The molecule has 0 aromatic heterocycles. The molecule has 21 heavy (non-hydrogen) atoms. The van der Waals surface area contributed by atoms with Gasteiger partial charge in [0.25, 0.3) is 0 Å². The molecule has 4 heteroatoms. The minimum absolute atomic E-state index is 0.00319. The minimum atomic E-state index is -0.0264. The van der Waals surface area contributed by atoms with Crippen LogP contribution in [0.3, 0.4) is 0 Å². The van der Waals surface area contributed by atoms with Crippen molar-refractivity contribution in [1.29, 1.82) is 0 Å². The van der Waals surface area contributed by atoms with E-state index in [1.165, 1.54) is 32.1 Å². The van der Waals surface area contributed by atoms with Gasteiger partial charge in [-0.2, -0.15) is 0 Å². The lowest BCUT2D eigenvalue weighted by atomic mass is 9.80. The molecule has 1 heterocycles. The highest BCUT2D eigenvalue weighted by molar-refractivity contribution is 5.41. The van der Waals surface area contributed by atoms with Crippen molar-refractivity contribution < 1.29 is 10.2 Å². The quantitative estimate of drug-likeness (QED) is 0.749. The van der Waals surface area contributed by atoms with E-state index in [4.69, 9.17) is 0 Å². The average Bonchev–Trinajstić information content (AvgIpc) is 2.53. The molecule has 0 amide bonds. The van der Waals surface area contributed by atoms with Crippen molar-refractivity contribution in [1.82, 2.24) is 10.2 Å². The van der Waals surface area contributed by atoms with Gasteiger partial charge in [-0.05, 0) is 36.5 Å². The van der Waals surface area contributed by atoms with Crippen molar-refractivity contribution in [3.63, 3.8) is 0 Å². The van der Waals surface area contributed by atoms with Crippen molar-refractivity contribution in [2.24, 2.45) is 5.92 Å². The molecular formula is C17H26N2O2. The normalized spacial score (nSPS) is 23.0. The van der Waals surface area contributed by atoms with Crippen LogP contribution >= 0.6 is 0 Å². The van der Waals surface area contributed by atoms with E-state index in [-0.39, 0.29) is 11.5 Å².